The molecule has 2 unspecified atom stereocenters. The van der Waals surface area contributed by atoms with E-state index < -0.39 is 11.9 Å². The molecule has 0 saturated carbocycles. The number of methoxy groups -OCH3 is 1. The fourth-order valence-corrected chi connectivity index (χ4v) is 6.66. The van der Waals surface area contributed by atoms with Crippen molar-refractivity contribution >= 4 is 11.9 Å². The molecule has 0 bridgehead atoms. The number of likely N-dealkylation sites (tertiary alicyclic amines) is 1. The standard InChI is InChI=1S/C32H51N3O7/c1-5-6-15-34(16-9-8-14-33(2)3)29(36)21-35-20-25(23-18-27(39-4)31-28(19-23)41-22-42-31)30(32(37)38)26(35)13-12-24-11-7-10-17-40-24/h18-19,24-26,30H,5-17,20-22H2,1-4H3,(H,37,38)/t24?,25-,26+,30?/m1/s1. The first-order valence-electron chi connectivity index (χ1n) is 15.8. The third kappa shape index (κ3) is 8.29. The third-order valence-electron chi connectivity index (χ3n) is 8.96. The molecule has 0 aromatic heterocycles. The second-order valence-corrected chi connectivity index (χ2v) is 12.2. The van der Waals surface area contributed by atoms with Crippen LogP contribution in [0.15, 0.2) is 12.1 Å². The summed E-state index contributed by atoms with van der Waals surface area (Å²) in [7, 11) is 5.71. The molecule has 1 aromatic carbocycles. The van der Waals surface area contributed by atoms with Gasteiger partial charge in [-0.15, -0.1) is 0 Å². The Labute approximate surface area is 251 Å². The number of carboxylic acids is 1. The van der Waals surface area contributed by atoms with E-state index in [-0.39, 0.29) is 37.3 Å². The maximum atomic E-state index is 13.8. The molecule has 10 heteroatoms. The molecule has 3 heterocycles. The van der Waals surface area contributed by atoms with Gasteiger partial charge >= 0.3 is 5.97 Å². The van der Waals surface area contributed by atoms with Crippen molar-refractivity contribution in [1.82, 2.24) is 14.7 Å². The molecule has 236 valence electrons. The fraction of sp³-hybridized carbons (Fsp3) is 0.750. The van der Waals surface area contributed by atoms with Gasteiger partial charge in [0.1, 0.15) is 0 Å². The van der Waals surface area contributed by atoms with E-state index in [0.717, 1.165) is 83.2 Å². The van der Waals surface area contributed by atoms with E-state index in [1.54, 1.807) is 7.11 Å². The molecule has 4 rings (SSSR count). The van der Waals surface area contributed by atoms with Crippen LogP contribution in [0, 0.1) is 5.92 Å². The minimum Gasteiger partial charge on any atom is -0.493 e. The number of hydrogen-bond donors (Lipinski definition) is 1. The number of ether oxygens (including phenoxy) is 4. The maximum Gasteiger partial charge on any atom is 0.308 e. The van der Waals surface area contributed by atoms with Gasteiger partial charge < -0.3 is 33.9 Å². The van der Waals surface area contributed by atoms with Crippen LogP contribution in [0.1, 0.15) is 76.2 Å². The summed E-state index contributed by atoms with van der Waals surface area (Å²) in [5.41, 5.74) is 0.837. The van der Waals surface area contributed by atoms with E-state index in [1.165, 1.54) is 0 Å². The Balaban J connectivity index is 1.56. The molecule has 1 amide bonds. The number of carbonyl (C=O) groups excluding carboxylic acids is 1. The number of carboxylic acid groups (broad SMARTS) is 1. The lowest BCUT2D eigenvalue weighted by Gasteiger charge is -2.31. The molecule has 42 heavy (non-hydrogen) atoms. The summed E-state index contributed by atoms with van der Waals surface area (Å²) in [4.78, 5) is 33.0. The molecule has 10 nitrogen and oxygen atoms in total. The highest BCUT2D eigenvalue weighted by atomic mass is 16.7. The Morgan fingerprint density at radius 1 is 1.07 bits per heavy atom. The molecule has 4 atom stereocenters. The average Bonchev–Trinajstić information content (AvgIpc) is 3.60. The lowest BCUT2D eigenvalue weighted by atomic mass is 9.83. The summed E-state index contributed by atoms with van der Waals surface area (Å²) in [6, 6.07) is 3.48. The molecular formula is C32H51N3O7. The van der Waals surface area contributed by atoms with Gasteiger partial charge in [-0.2, -0.15) is 0 Å². The van der Waals surface area contributed by atoms with Gasteiger partial charge in [0.2, 0.25) is 18.4 Å². The highest BCUT2D eigenvalue weighted by molar-refractivity contribution is 5.79. The van der Waals surface area contributed by atoms with Crippen molar-refractivity contribution in [3.05, 3.63) is 17.7 Å². The predicted molar refractivity (Wildman–Crippen MR) is 160 cm³/mol. The van der Waals surface area contributed by atoms with Crippen molar-refractivity contribution in [2.45, 2.75) is 82.8 Å². The largest absolute Gasteiger partial charge is 0.493 e. The van der Waals surface area contributed by atoms with Gasteiger partial charge in [0.05, 0.1) is 25.7 Å². The number of aliphatic carboxylic acids is 1. The smallest absolute Gasteiger partial charge is 0.308 e. The van der Waals surface area contributed by atoms with Crippen molar-refractivity contribution in [1.29, 1.82) is 0 Å². The quantitative estimate of drug-likeness (QED) is 0.284. The van der Waals surface area contributed by atoms with Crippen molar-refractivity contribution in [2.75, 3.05) is 67.3 Å². The lowest BCUT2D eigenvalue weighted by Crippen LogP contribution is -2.45. The molecule has 0 radical (unpaired) electrons. The van der Waals surface area contributed by atoms with E-state index >= 15 is 0 Å². The first-order chi connectivity index (χ1) is 20.3. The fourth-order valence-electron chi connectivity index (χ4n) is 6.66. The second kappa shape index (κ2) is 15.8. The van der Waals surface area contributed by atoms with Gasteiger partial charge in [-0.3, -0.25) is 14.5 Å². The van der Waals surface area contributed by atoms with Crippen LogP contribution >= 0.6 is 0 Å². The summed E-state index contributed by atoms with van der Waals surface area (Å²) in [5, 5.41) is 10.6. The van der Waals surface area contributed by atoms with Crippen LogP contribution in [0.4, 0.5) is 0 Å². The van der Waals surface area contributed by atoms with Crippen molar-refractivity contribution in [2.24, 2.45) is 5.92 Å². The molecular weight excluding hydrogens is 538 g/mol. The minimum absolute atomic E-state index is 0.0836. The molecule has 1 aromatic rings. The first kappa shape index (κ1) is 32.4. The highest BCUT2D eigenvalue weighted by Crippen LogP contribution is 2.47. The van der Waals surface area contributed by atoms with Gasteiger partial charge in [0, 0.05) is 38.2 Å². The van der Waals surface area contributed by atoms with Crippen LogP contribution in [0.25, 0.3) is 0 Å². The number of fused-ring (bicyclic) bond motifs is 1. The Hall–Kier alpha value is -2.56. The van der Waals surface area contributed by atoms with Crippen LogP contribution in [0.2, 0.25) is 0 Å². The second-order valence-electron chi connectivity index (χ2n) is 12.2. The van der Waals surface area contributed by atoms with Crippen molar-refractivity contribution in [3.63, 3.8) is 0 Å². The number of rotatable bonds is 16. The van der Waals surface area contributed by atoms with E-state index in [1.807, 2.05) is 17.0 Å². The summed E-state index contributed by atoms with van der Waals surface area (Å²) in [6.45, 7) is 6.16. The number of unbranched alkanes of at least 4 members (excludes halogenated alkanes) is 2. The van der Waals surface area contributed by atoms with Crippen LogP contribution in [-0.4, -0.2) is 111 Å². The van der Waals surface area contributed by atoms with Crippen LogP contribution in [0.3, 0.4) is 0 Å². The molecule has 3 aliphatic rings. The summed E-state index contributed by atoms with van der Waals surface area (Å²) in [5.74, 6) is -0.0957. The van der Waals surface area contributed by atoms with Gasteiger partial charge in [-0.25, -0.2) is 0 Å². The number of benzene rings is 1. The Bertz CT molecular complexity index is 1030. The normalized spacial score (nSPS) is 23.8. The van der Waals surface area contributed by atoms with Gasteiger partial charge in [-0.1, -0.05) is 13.3 Å². The number of nitrogens with zero attached hydrogens (tertiary/aromatic N) is 3. The molecule has 1 N–H and O–H groups in total. The van der Waals surface area contributed by atoms with E-state index in [9.17, 15) is 14.7 Å². The highest BCUT2D eigenvalue weighted by Gasteiger charge is 2.47. The SMILES string of the molecule is CCCCN(CCCCN(C)C)C(=O)CN1C[C@H](c2cc(OC)c3c(c2)OCO3)C(C(=O)O)[C@@H]1CCC1CCCCO1. The van der Waals surface area contributed by atoms with Crippen molar-refractivity contribution < 1.29 is 33.6 Å². The van der Waals surface area contributed by atoms with Crippen LogP contribution in [0.5, 0.6) is 17.2 Å². The first-order valence-corrected chi connectivity index (χ1v) is 15.8. The Morgan fingerprint density at radius 3 is 2.55 bits per heavy atom. The number of amides is 1. The summed E-state index contributed by atoms with van der Waals surface area (Å²) >= 11 is 0. The van der Waals surface area contributed by atoms with E-state index in [0.29, 0.717) is 30.2 Å². The monoisotopic (exact) mass is 589 g/mol. The molecule has 2 fully saturated rings. The summed E-state index contributed by atoms with van der Waals surface area (Å²) < 4.78 is 22.8. The zero-order valence-corrected chi connectivity index (χ0v) is 26.0. The van der Waals surface area contributed by atoms with Gasteiger partial charge in [0.25, 0.3) is 0 Å². The zero-order chi connectivity index (χ0) is 30.1. The molecule has 0 spiro atoms. The predicted octanol–water partition coefficient (Wildman–Crippen LogP) is 4.21. The van der Waals surface area contributed by atoms with Gasteiger partial charge in [0.15, 0.2) is 11.5 Å². The topological polar surface area (TPSA) is 101 Å². The minimum atomic E-state index is -0.840. The van der Waals surface area contributed by atoms with Gasteiger partial charge in [-0.05, 0) is 89.7 Å². The average molecular weight is 590 g/mol. The number of carbonyl (C=O) groups is 2. The lowest BCUT2D eigenvalue weighted by molar-refractivity contribution is -0.144. The molecule has 3 aliphatic heterocycles. The third-order valence-corrected chi connectivity index (χ3v) is 8.96. The Morgan fingerprint density at radius 2 is 1.86 bits per heavy atom. The summed E-state index contributed by atoms with van der Waals surface area (Å²) in [6.07, 6.45) is 8.79. The maximum absolute atomic E-state index is 13.8. The number of hydrogen-bond acceptors (Lipinski definition) is 8. The molecule has 0 aliphatic carbocycles. The van der Waals surface area contributed by atoms with Crippen molar-refractivity contribution in [3.8, 4) is 17.2 Å². The zero-order valence-electron chi connectivity index (χ0n) is 26.0. The van der Waals surface area contributed by atoms with E-state index in [2.05, 4.69) is 30.8 Å². The van der Waals surface area contributed by atoms with Crippen LogP contribution in [-0.2, 0) is 14.3 Å². The van der Waals surface area contributed by atoms with E-state index in [4.69, 9.17) is 18.9 Å². The Kier molecular flexibility index (Phi) is 12.2. The van der Waals surface area contributed by atoms with Crippen LogP contribution < -0.4 is 14.2 Å². The molecule has 2 saturated heterocycles.